The summed E-state index contributed by atoms with van der Waals surface area (Å²) in [4.78, 5) is 16.4. The van der Waals surface area contributed by atoms with Gasteiger partial charge in [-0.1, -0.05) is 51.1 Å². The molecule has 0 saturated heterocycles. The van der Waals surface area contributed by atoms with Gasteiger partial charge in [0.25, 0.3) is 0 Å². The summed E-state index contributed by atoms with van der Waals surface area (Å²) in [6.07, 6.45) is -0.470. The lowest BCUT2D eigenvalue weighted by Gasteiger charge is -2.21. The van der Waals surface area contributed by atoms with Crippen LogP contribution in [-0.2, 0) is 16.1 Å². The molecule has 0 aromatic heterocycles. The number of aliphatic imine (C=N–C) groups is 1. The van der Waals surface area contributed by atoms with Gasteiger partial charge in [-0.25, -0.2) is 9.79 Å². The van der Waals surface area contributed by atoms with Gasteiger partial charge in [-0.15, -0.1) is 0 Å². The first-order valence-electron chi connectivity index (χ1n) is 7.54. The highest BCUT2D eigenvalue weighted by Gasteiger charge is 2.32. The van der Waals surface area contributed by atoms with Crippen molar-refractivity contribution >= 4 is 12.0 Å². The lowest BCUT2D eigenvalue weighted by atomic mass is 9.88. The number of ether oxygens (including phenoxy) is 2. The predicted octanol–water partition coefficient (Wildman–Crippen LogP) is 3.14. The lowest BCUT2D eigenvalue weighted by Crippen LogP contribution is -2.39. The molecule has 22 heavy (non-hydrogen) atoms. The molecule has 5 heteroatoms. The number of nitrogens with one attached hydrogen (secondary N) is 1. The van der Waals surface area contributed by atoms with Crippen molar-refractivity contribution in [1.29, 1.82) is 0 Å². The fraction of sp³-hybridized carbons (Fsp3) is 0.529. The monoisotopic (exact) mass is 304 g/mol. The number of carbonyl (C=O) groups is 1. The summed E-state index contributed by atoms with van der Waals surface area (Å²) in [6.45, 7) is 9.02. The summed E-state index contributed by atoms with van der Waals surface area (Å²) in [6, 6.07) is 9.39. The summed E-state index contributed by atoms with van der Waals surface area (Å²) in [5, 5.41) is 2.75. The standard InChI is InChI=1S/C17H24N2O3/c1-12(15-19-14(11-21-15)17(2,3)4)18-16(20)22-10-13-8-6-5-7-9-13/h5-9,12,14H,10-11H2,1-4H3,(H,18,20)/t12-,14+/m0/s1. The molecule has 0 spiro atoms. The Morgan fingerprint density at radius 2 is 2.09 bits per heavy atom. The smallest absolute Gasteiger partial charge is 0.408 e. The lowest BCUT2D eigenvalue weighted by molar-refractivity contribution is 0.137. The van der Waals surface area contributed by atoms with Gasteiger partial charge < -0.3 is 14.8 Å². The number of hydrogen-bond acceptors (Lipinski definition) is 4. The molecule has 1 aromatic rings. The zero-order chi connectivity index (χ0) is 16.2. The Kier molecular flexibility index (Phi) is 5.06. The summed E-state index contributed by atoms with van der Waals surface area (Å²) >= 11 is 0. The molecule has 5 nitrogen and oxygen atoms in total. The first-order valence-corrected chi connectivity index (χ1v) is 7.54. The third kappa shape index (κ3) is 4.48. The highest BCUT2D eigenvalue weighted by atomic mass is 16.5. The number of hydrogen-bond donors (Lipinski definition) is 1. The zero-order valence-electron chi connectivity index (χ0n) is 13.6. The van der Waals surface area contributed by atoms with Crippen LogP contribution in [-0.4, -0.2) is 30.7 Å². The van der Waals surface area contributed by atoms with Crippen molar-refractivity contribution in [3.63, 3.8) is 0 Å². The highest BCUT2D eigenvalue weighted by molar-refractivity contribution is 5.86. The second-order valence-electron chi connectivity index (χ2n) is 6.59. The SMILES string of the molecule is C[C@H](NC(=O)OCc1ccccc1)C1=N[C@@H](C(C)(C)C)CO1. The van der Waals surface area contributed by atoms with Crippen LogP contribution in [0, 0.1) is 5.41 Å². The molecule has 0 bridgehead atoms. The first-order chi connectivity index (χ1) is 10.4. The van der Waals surface area contributed by atoms with Crippen molar-refractivity contribution in [2.45, 2.75) is 46.4 Å². The largest absolute Gasteiger partial charge is 0.477 e. The second kappa shape index (κ2) is 6.81. The Labute approximate surface area is 131 Å². The van der Waals surface area contributed by atoms with Crippen LogP contribution in [0.25, 0.3) is 0 Å². The van der Waals surface area contributed by atoms with Gasteiger partial charge in [-0.3, -0.25) is 0 Å². The van der Waals surface area contributed by atoms with E-state index in [2.05, 4.69) is 31.1 Å². The summed E-state index contributed by atoms with van der Waals surface area (Å²) < 4.78 is 10.8. The Hall–Kier alpha value is -2.04. The van der Waals surface area contributed by atoms with E-state index in [-0.39, 0.29) is 24.1 Å². The number of alkyl carbamates (subject to hydrolysis) is 1. The van der Waals surface area contributed by atoms with E-state index in [9.17, 15) is 4.79 Å². The molecule has 1 heterocycles. The van der Waals surface area contributed by atoms with Crippen molar-refractivity contribution in [1.82, 2.24) is 5.32 Å². The maximum Gasteiger partial charge on any atom is 0.408 e. The van der Waals surface area contributed by atoms with Gasteiger partial charge in [0.1, 0.15) is 19.3 Å². The average molecular weight is 304 g/mol. The van der Waals surface area contributed by atoms with Crippen LogP contribution < -0.4 is 5.32 Å². The van der Waals surface area contributed by atoms with Crippen LogP contribution in [0.15, 0.2) is 35.3 Å². The van der Waals surface area contributed by atoms with Crippen molar-refractivity contribution < 1.29 is 14.3 Å². The molecular formula is C17H24N2O3. The van der Waals surface area contributed by atoms with E-state index < -0.39 is 6.09 Å². The van der Waals surface area contributed by atoms with Gasteiger partial charge in [-0.05, 0) is 17.9 Å². The molecule has 0 aliphatic carbocycles. The first kappa shape index (κ1) is 16.3. The van der Waals surface area contributed by atoms with Gasteiger partial charge in [0.15, 0.2) is 0 Å². The predicted molar refractivity (Wildman–Crippen MR) is 85.9 cm³/mol. The van der Waals surface area contributed by atoms with E-state index in [1.165, 1.54) is 0 Å². The molecule has 1 amide bonds. The van der Waals surface area contributed by atoms with Gasteiger partial charge in [-0.2, -0.15) is 0 Å². The fourth-order valence-electron chi connectivity index (χ4n) is 2.08. The summed E-state index contributed by atoms with van der Waals surface area (Å²) in [5.41, 5.74) is 1.00. The zero-order valence-corrected chi connectivity index (χ0v) is 13.6. The van der Waals surface area contributed by atoms with Gasteiger partial charge in [0, 0.05) is 0 Å². The molecule has 1 N–H and O–H groups in total. The van der Waals surface area contributed by atoms with Gasteiger partial charge in [0.05, 0.1) is 6.04 Å². The molecule has 120 valence electrons. The quantitative estimate of drug-likeness (QED) is 0.929. The minimum Gasteiger partial charge on any atom is -0.477 e. The molecule has 1 aliphatic rings. The topological polar surface area (TPSA) is 59.9 Å². The molecule has 2 rings (SSSR count). The van der Waals surface area contributed by atoms with Crippen molar-refractivity contribution in [3.8, 4) is 0 Å². The molecule has 1 aromatic carbocycles. The van der Waals surface area contributed by atoms with Crippen LogP contribution in [0.5, 0.6) is 0 Å². The minimum absolute atomic E-state index is 0.0509. The molecular weight excluding hydrogens is 280 g/mol. The maximum atomic E-state index is 11.8. The molecule has 0 unspecified atom stereocenters. The highest BCUT2D eigenvalue weighted by Crippen LogP contribution is 2.26. The number of carbonyl (C=O) groups excluding carboxylic acids is 1. The minimum atomic E-state index is -0.470. The normalized spacial score (nSPS) is 19.1. The summed E-state index contributed by atoms with van der Waals surface area (Å²) in [7, 11) is 0. The third-order valence-corrected chi connectivity index (χ3v) is 3.59. The van der Waals surface area contributed by atoms with Crippen molar-refractivity contribution in [2.75, 3.05) is 6.61 Å². The van der Waals surface area contributed by atoms with Crippen LogP contribution in [0.4, 0.5) is 4.79 Å². The third-order valence-electron chi connectivity index (χ3n) is 3.59. The van der Waals surface area contributed by atoms with Gasteiger partial charge in [0.2, 0.25) is 5.90 Å². The number of amides is 1. The Balaban J connectivity index is 1.82. The molecule has 0 saturated carbocycles. The maximum absolute atomic E-state index is 11.8. The summed E-state index contributed by atoms with van der Waals surface area (Å²) in [5.74, 6) is 0.566. The van der Waals surface area contributed by atoms with Crippen LogP contribution in [0.3, 0.4) is 0 Å². The molecule has 0 radical (unpaired) electrons. The van der Waals surface area contributed by atoms with E-state index in [0.29, 0.717) is 12.5 Å². The van der Waals surface area contributed by atoms with E-state index in [0.717, 1.165) is 5.56 Å². The van der Waals surface area contributed by atoms with Gasteiger partial charge >= 0.3 is 6.09 Å². The number of benzene rings is 1. The van der Waals surface area contributed by atoms with Crippen LogP contribution in [0.1, 0.15) is 33.3 Å². The van der Waals surface area contributed by atoms with Crippen LogP contribution >= 0.6 is 0 Å². The fourth-order valence-corrected chi connectivity index (χ4v) is 2.08. The average Bonchev–Trinajstić information content (AvgIpc) is 2.96. The Bertz CT molecular complexity index is 535. The van der Waals surface area contributed by atoms with Crippen molar-refractivity contribution in [2.24, 2.45) is 10.4 Å². The molecule has 2 atom stereocenters. The van der Waals surface area contributed by atoms with E-state index in [4.69, 9.17) is 9.47 Å². The Morgan fingerprint density at radius 1 is 1.41 bits per heavy atom. The number of nitrogens with zero attached hydrogens (tertiary/aromatic N) is 1. The van der Waals surface area contributed by atoms with Crippen LogP contribution in [0.2, 0.25) is 0 Å². The Morgan fingerprint density at radius 3 is 2.68 bits per heavy atom. The van der Waals surface area contributed by atoms with E-state index >= 15 is 0 Å². The van der Waals surface area contributed by atoms with Crippen molar-refractivity contribution in [3.05, 3.63) is 35.9 Å². The number of rotatable bonds is 4. The molecule has 1 aliphatic heterocycles. The van der Waals surface area contributed by atoms with E-state index in [1.54, 1.807) is 0 Å². The molecule has 0 fully saturated rings. The second-order valence-corrected chi connectivity index (χ2v) is 6.59. The van der Waals surface area contributed by atoms with E-state index in [1.807, 2.05) is 37.3 Å².